The molecule has 0 amide bonds. The van der Waals surface area contributed by atoms with E-state index < -0.39 is 0 Å². The molecule has 2 rings (SSSR count). The van der Waals surface area contributed by atoms with E-state index in [-0.39, 0.29) is 0 Å². The molecule has 114 valence electrons. The van der Waals surface area contributed by atoms with Crippen molar-refractivity contribution in [3.63, 3.8) is 0 Å². The van der Waals surface area contributed by atoms with Crippen molar-refractivity contribution in [1.82, 2.24) is 20.6 Å². The maximum absolute atomic E-state index is 5.52. The minimum absolute atomic E-state index is 0.506. The van der Waals surface area contributed by atoms with Gasteiger partial charge in [-0.25, -0.2) is 9.97 Å². The highest BCUT2D eigenvalue weighted by molar-refractivity contribution is 7.09. The van der Waals surface area contributed by atoms with Gasteiger partial charge in [0, 0.05) is 12.4 Å². The van der Waals surface area contributed by atoms with Crippen LogP contribution in [-0.2, 0) is 19.5 Å². The van der Waals surface area contributed by atoms with Crippen molar-refractivity contribution in [1.29, 1.82) is 0 Å². The van der Waals surface area contributed by atoms with Crippen LogP contribution in [0, 0.1) is 13.8 Å². The summed E-state index contributed by atoms with van der Waals surface area (Å²) in [6.45, 7) is 7.11. The Balaban J connectivity index is 1.83. The van der Waals surface area contributed by atoms with Gasteiger partial charge in [0.05, 0.1) is 29.5 Å². The van der Waals surface area contributed by atoms with E-state index in [1.54, 1.807) is 18.4 Å². The summed E-state index contributed by atoms with van der Waals surface area (Å²) in [5.41, 5.74) is 1.95. The van der Waals surface area contributed by atoms with Gasteiger partial charge in [-0.15, -0.1) is 11.3 Å². The first-order valence-corrected chi connectivity index (χ1v) is 7.81. The van der Waals surface area contributed by atoms with Gasteiger partial charge in [-0.05, 0) is 20.3 Å². The van der Waals surface area contributed by atoms with Gasteiger partial charge in [0.15, 0.2) is 5.96 Å². The van der Waals surface area contributed by atoms with Crippen LogP contribution in [0.5, 0.6) is 0 Å². The fraction of sp³-hybridized carbons (Fsp3) is 0.500. The number of oxazole rings is 1. The second-order valence-electron chi connectivity index (χ2n) is 4.61. The Morgan fingerprint density at radius 3 is 2.62 bits per heavy atom. The van der Waals surface area contributed by atoms with Crippen molar-refractivity contribution in [2.24, 2.45) is 4.99 Å². The molecule has 0 spiro atoms. The van der Waals surface area contributed by atoms with E-state index in [2.05, 4.69) is 37.9 Å². The van der Waals surface area contributed by atoms with E-state index in [1.165, 1.54) is 0 Å². The summed E-state index contributed by atoms with van der Waals surface area (Å²) in [7, 11) is 1.74. The quantitative estimate of drug-likeness (QED) is 0.654. The molecule has 0 saturated carbocycles. The molecule has 2 aromatic heterocycles. The molecule has 0 fully saturated rings. The van der Waals surface area contributed by atoms with Crippen molar-refractivity contribution >= 4 is 17.3 Å². The number of aryl methyl sites for hydroxylation is 3. The monoisotopic (exact) mass is 307 g/mol. The van der Waals surface area contributed by atoms with E-state index in [0.29, 0.717) is 24.9 Å². The summed E-state index contributed by atoms with van der Waals surface area (Å²) in [6.07, 6.45) is 0.973. The molecule has 7 heteroatoms. The van der Waals surface area contributed by atoms with Gasteiger partial charge in [0.2, 0.25) is 5.89 Å². The third kappa shape index (κ3) is 4.29. The molecule has 0 radical (unpaired) electrons. The average molecular weight is 307 g/mol. The Morgan fingerprint density at radius 2 is 2.05 bits per heavy atom. The van der Waals surface area contributed by atoms with Crippen LogP contribution < -0.4 is 10.6 Å². The number of nitrogens with zero attached hydrogens (tertiary/aromatic N) is 3. The number of aromatic nitrogens is 2. The first-order chi connectivity index (χ1) is 10.1. The molecule has 0 unspecified atom stereocenters. The Morgan fingerprint density at radius 1 is 1.29 bits per heavy atom. The smallest absolute Gasteiger partial charge is 0.214 e. The van der Waals surface area contributed by atoms with Gasteiger partial charge in [0.25, 0.3) is 0 Å². The lowest BCUT2D eigenvalue weighted by molar-refractivity contribution is 0.463. The second-order valence-corrected chi connectivity index (χ2v) is 5.56. The number of aliphatic imine (C=N–C) groups is 1. The van der Waals surface area contributed by atoms with E-state index in [0.717, 1.165) is 28.6 Å². The van der Waals surface area contributed by atoms with Crippen molar-refractivity contribution in [3.8, 4) is 0 Å². The van der Waals surface area contributed by atoms with E-state index in [4.69, 9.17) is 4.42 Å². The zero-order valence-corrected chi connectivity index (χ0v) is 13.7. The topological polar surface area (TPSA) is 75.3 Å². The lowest BCUT2D eigenvalue weighted by Gasteiger charge is -2.09. The molecule has 0 aromatic carbocycles. The van der Waals surface area contributed by atoms with E-state index in [9.17, 15) is 0 Å². The lowest BCUT2D eigenvalue weighted by atomic mass is 10.4. The first kappa shape index (κ1) is 15.5. The molecule has 6 nitrogen and oxygen atoms in total. The normalized spacial score (nSPS) is 11.7. The third-order valence-corrected chi connectivity index (χ3v) is 4.08. The number of rotatable bonds is 5. The molecular weight excluding hydrogens is 286 g/mol. The van der Waals surface area contributed by atoms with Crippen LogP contribution in [0.4, 0.5) is 0 Å². The van der Waals surface area contributed by atoms with Crippen molar-refractivity contribution in [2.75, 3.05) is 7.05 Å². The molecule has 2 aromatic rings. The lowest BCUT2D eigenvalue weighted by Crippen LogP contribution is -2.36. The van der Waals surface area contributed by atoms with Crippen LogP contribution in [0.15, 0.2) is 14.8 Å². The van der Waals surface area contributed by atoms with Gasteiger partial charge in [-0.1, -0.05) is 6.92 Å². The molecule has 2 N–H and O–H groups in total. The second kappa shape index (κ2) is 7.21. The average Bonchev–Trinajstić information content (AvgIpc) is 3.06. The fourth-order valence-electron chi connectivity index (χ4n) is 1.76. The van der Waals surface area contributed by atoms with E-state index in [1.807, 2.05) is 13.8 Å². The largest absolute Gasteiger partial charge is 0.444 e. The predicted octanol–water partition coefficient (Wildman–Crippen LogP) is 2.18. The Bertz CT molecular complexity index is 597. The summed E-state index contributed by atoms with van der Waals surface area (Å²) in [5, 5.41) is 9.63. The SMILES string of the molecule is CCc1nc(CNC(=NC)NCc2nc(C)c(C)o2)cs1. The molecule has 0 bridgehead atoms. The first-order valence-electron chi connectivity index (χ1n) is 6.93. The van der Waals surface area contributed by atoms with Crippen LogP contribution >= 0.6 is 11.3 Å². The molecule has 0 aliphatic heterocycles. The molecule has 0 saturated heterocycles. The molecular formula is C14H21N5OS. The van der Waals surface area contributed by atoms with Crippen LogP contribution in [0.2, 0.25) is 0 Å². The Labute approximate surface area is 128 Å². The molecule has 0 aliphatic rings. The number of hydrogen-bond donors (Lipinski definition) is 2. The van der Waals surface area contributed by atoms with Crippen LogP contribution in [0.3, 0.4) is 0 Å². The highest BCUT2D eigenvalue weighted by Gasteiger charge is 2.07. The summed E-state index contributed by atoms with van der Waals surface area (Å²) in [6, 6.07) is 0. The van der Waals surface area contributed by atoms with E-state index >= 15 is 0 Å². The van der Waals surface area contributed by atoms with Gasteiger partial charge in [0.1, 0.15) is 5.76 Å². The van der Waals surface area contributed by atoms with Gasteiger partial charge < -0.3 is 15.1 Å². The number of thiazole rings is 1. The number of guanidine groups is 1. The third-order valence-electron chi connectivity index (χ3n) is 3.04. The van der Waals surface area contributed by atoms with Crippen LogP contribution in [0.25, 0.3) is 0 Å². The van der Waals surface area contributed by atoms with Crippen molar-refractivity contribution < 1.29 is 4.42 Å². The fourth-order valence-corrected chi connectivity index (χ4v) is 2.51. The zero-order chi connectivity index (χ0) is 15.2. The van der Waals surface area contributed by atoms with Crippen LogP contribution in [0.1, 0.15) is 35.0 Å². The van der Waals surface area contributed by atoms with Crippen LogP contribution in [-0.4, -0.2) is 23.0 Å². The minimum atomic E-state index is 0.506. The summed E-state index contributed by atoms with van der Waals surface area (Å²) < 4.78 is 5.52. The minimum Gasteiger partial charge on any atom is -0.444 e. The van der Waals surface area contributed by atoms with Gasteiger partial charge in [-0.3, -0.25) is 4.99 Å². The molecule has 0 atom stereocenters. The van der Waals surface area contributed by atoms with Gasteiger partial charge >= 0.3 is 0 Å². The van der Waals surface area contributed by atoms with Crippen molar-refractivity contribution in [3.05, 3.63) is 33.4 Å². The summed E-state index contributed by atoms with van der Waals surface area (Å²) in [4.78, 5) is 13.0. The standard InChI is InChI=1S/C14H21N5OS/c1-5-13-19-11(8-21-13)6-16-14(15-4)17-7-12-18-9(2)10(3)20-12/h8H,5-7H2,1-4H3,(H2,15,16,17). The highest BCUT2D eigenvalue weighted by atomic mass is 32.1. The Hall–Kier alpha value is -1.89. The number of nitrogens with one attached hydrogen (secondary N) is 2. The highest BCUT2D eigenvalue weighted by Crippen LogP contribution is 2.10. The number of hydrogen-bond acceptors (Lipinski definition) is 5. The summed E-state index contributed by atoms with van der Waals surface area (Å²) >= 11 is 1.69. The van der Waals surface area contributed by atoms with Crippen molar-refractivity contribution in [2.45, 2.75) is 40.3 Å². The Kier molecular flexibility index (Phi) is 5.32. The molecule has 2 heterocycles. The maximum atomic E-state index is 5.52. The summed E-state index contributed by atoms with van der Waals surface area (Å²) in [5.74, 6) is 2.22. The maximum Gasteiger partial charge on any atom is 0.214 e. The predicted molar refractivity (Wildman–Crippen MR) is 84.5 cm³/mol. The molecule has 0 aliphatic carbocycles. The van der Waals surface area contributed by atoms with Gasteiger partial charge in [-0.2, -0.15) is 0 Å². The molecule has 21 heavy (non-hydrogen) atoms. The zero-order valence-electron chi connectivity index (χ0n) is 12.9.